The molecule has 0 spiro atoms. The van der Waals surface area contributed by atoms with E-state index >= 15 is 0 Å². The zero-order valence-corrected chi connectivity index (χ0v) is 12.5. The normalized spacial score (nSPS) is 11.0. The molecule has 0 amide bonds. The number of rotatable bonds is 8. The number of carboxylic acids is 1. The minimum Gasteiger partial charge on any atom is -0.481 e. The van der Waals surface area contributed by atoms with Crippen LogP contribution in [0, 0.1) is 0 Å². The fourth-order valence-electron chi connectivity index (χ4n) is 1.42. The van der Waals surface area contributed by atoms with E-state index < -0.39 is 5.97 Å². The fourth-order valence-corrected chi connectivity index (χ4v) is 2.04. The van der Waals surface area contributed by atoms with E-state index in [1.165, 1.54) is 0 Å². The second-order valence-corrected chi connectivity index (χ2v) is 5.31. The molecule has 0 saturated heterocycles. The van der Waals surface area contributed by atoms with E-state index in [0.29, 0.717) is 24.3 Å². The Hall–Kier alpha value is -1.28. The van der Waals surface area contributed by atoms with Crippen LogP contribution in [-0.4, -0.2) is 57.9 Å². The molecule has 0 aliphatic rings. The van der Waals surface area contributed by atoms with Crippen molar-refractivity contribution in [3.05, 3.63) is 0 Å². The van der Waals surface area contributed by atoms with Crippen LogP contribution in [0.15, 0.2) is 5.16 Å². The lowest BCUT2D eigenvalue weighted by atomic mass is 10.5. The van der Waals surface area contributed by atoms with Gasteiger partial charge in [0.1, 0.15) is 0 Å². The summed E-state index contributed by atoms with van der Waals surface area (Å²) < 4.78 is 7.26. The van der Waals surface area contributed by atoms with Crippen molar-refractivity contribution in [3.63, 3.8) is 0 Å². The number of likely N-dealkylation sites (N-methyl/N-ethyl adjacent to an activating group) is 1. The first-order valence-electron chi connectivity index (χ1n) is 5.98. The molecule has 108 valence electrons. The lowest BCUT2D eigenvalue weighted by Crippen LogP contribution is -2.26. The van der Waals surface area contributed by atoms with E-state index in [2.05, 4.69) is 10.2 Å². The second-order valence-electron chi connectivity index (χ2n) is 4.37. The molecule has 7 nitrogen and oxygen atoms in total. The standard InChI is InChI=1S/C11H20N4O3S/c1-8(2)18-6-5-14(3)10-12-13-11(15(10)4)19-7-9(16)17/h8H,5-7H2,1-4H3,(H,16,17). The van der Waals surface area contributed by atoms with Crippen LogP contribution >= 0.6 is 11.8 Å². The highest BCUT2D eigenvalue weighted by Crippen LogP contribution is 2.19. The number of anilines is 1. The maximum atomic E-state index is 10.5. The fraction of sp³-hybridized carbons (Fsp3) is 0.727. The van der Waals surface area contributed by atoms with Crippen molar-refractivity contribution in [1.82, 2.24) is 14.8 Å². The Morgan fingerprint density at radius 1 is 1.53 bits per heavy atom. The summed E-state index contributed by atoms with van der Waals surface area (Å²) in [6, 6.07) is 0. The third-order valence-electron chi connectivity index (χ3n) is 2.36. The average Bonchev–Trinajstić information content (AvgIpc) is 2.67. The van der Waals surface area contributed by atoms with E-state index in [-0.39, 0.29) is 11.9 Å². The number of carbonyl (C=O) groups is 1. The second kappa shape index (κ2) is 7.34. The first-order chi connectivity index (χ1) is 8.91. The molecule has 0 atom stereocenters. The molecule has 0 saturated carbocycles. The molecule has 8 heteroatoms. The molecular formula is C11H20N4O3S. The first-order valence-corrected chi connectivity index (χ1v) is 6.97. The predicted molar refractivity (Wildman–Crippen MR) is 73.7 cm³/mol. The van der Waals surface area contributed by atoms with E-state index in [1.807, 2.05) is 32.8 Å². The first kappa shape index (κ1) is 15.8. The van der Waals surface area contributed by atoms with Crippen LogP contribution in [0.2, 0.25) is 0 Å². The van der Waals surface area contributed by atoms with Gasteiger partial charge in [0.15, 0.2) is 5.16 Å². The number of hydrogen-bond donors (Lipinski definition) is 1. The topological polar surface area (TPSA) is 80.5 Å². The number of hydrogen-bond acceptors (Lipinski definition) is 6. The third-order valence-corrected chi connectivity index (χ3v) is 3.36. The van der Waals surface area contributed by atoms with Gasteiger partial charge in [0.25, 0.3) is 0 Å². The Bertz CT molecular complexity index is 422. The van der Waals surface area contributed by atoms with Crippen molar-refractivity contribution < 1.29 is 14.6 Å². The summed E-state index contributed by atoms with van der Waals surface area (Å²) >= 11 is 1.15. The zero-order valence-electron chi connectivity index (χ0n) is 11.7. The van der Waals surface area contributed by atoms with Crippen molar-refractivity contribution in [2.75, 3.05) is 30.9 Å². The lowest BCUT2D eigenvalue weighted by molar-refractivity contribution is -0.133. The van der Waals surface area contributed by atoms with Crippen LogP contribution in [-0.2, 0) is 16.6 Å². The van der Waals surface area contributed by atoms with Crippen molar-refractivity contribution in [2.45, 2.75) is 25.1 Å². The van der Waals surface area contributed by atoms with E-state index in [9.17, 15) is 4.79 Å². The molecule has 19 heavy (non-hydrogen) atoms. The Morgan fingerprint density at radius 3 is 2.79 bits per heavy atom. The molecule has 1 rings (SSSR count). The Kier molecular flexibility index (Phi) is 6.10. The van der Waals surface area contributed by atoms with Crippen molar-refractivity contribution in [1.29, 1.82) is 0 Å². The number of aromatic nitrogens is 3. The highest BCUT2D eigenvalue weighted by Gasteiger charge is 2.14. The monoisotopic (exact) mass is 288 g/mol. The summed E-state index contributed by atoms with van der Waals surface area (Å²) in [7, 11) is 3.72. The third kappa shape index (κ3) is 5.07. The summed E-state index contributed by atoms with van der Waals surface area (Å²) in [5, 5.41) is 17.3. The quantitative estimate of drug-likeness (QED) is 0.710. The summed E-state index contributed by atoms with van der Waals surface area (Å²) in [6.07, 6.45) is 0.203. The van der Waals surface area contributed by atoms with Gasteiger partial charge in [0.05, 0.1) is 18.5 Å². The highest BCUT2D eigenvalue weighted by atomic mass is 32.2. The van der Waals surface area contributed by atoms with Crippen LogP contribution in [0.4, 0.5) is 5.95 Å². The average molecular weight is 288 g/mol. The minimum absolute atomic E-state index is 0.0217. The lowest BCUT2D eigenvalue weighted by Gasteiger charge is -2.18. The van der Waals surface area contributed by atoms with Gasteiger partial charge in [-0.15, -0.1) is 10.2 Å². The summed E-state index contributed by atoms with van der Waals surface area (Å²) in [6.45, 7) is 5.29. The molecule has 1 aromatic heterocycles. The summed E-state index contributed by atoms with van der Waals surface area (Å²) in [5.74, 6) is -0.194. The molecular weight excluding hydrogens is 268 g/mol. The number of carboxylic acid groups (broad SMARTS) is 1. The Morgan fingerprint density at radius 2 is 2.21 bits per heavy atom. The maximum absolute atomic E-state index is 10.5. The largest absolute Gasteiger partial charge is 0.481 e. The summed E-state index contributed by atoms with van der Waals surface area (Å²) in [4.78, 5) is 12.5. The van der Waals surface area contributed by atoms with Gasteiger partial charge in [0.2, 0.25) is 5.95 Å². The molecule has 0 bridgehead atoms. The van der Waals surface area contributed by atoms with Crippen LogP contribution in [0.25, 0.3) is 0 Å². The summed E-state index contributed by atoms with van der Waals surface area (Å²) in [5.41, 5.74) is 0. The Labute approximate surface area is 116 Å². The smallest absolute Gasteiger partial charge is 0.313 e. The van der Waals surface area contributed by atoms with E-state index in [0.717, 1.165) is 11.8 Å². The van der Waals surface area contributed by atoms with Crippen LogP contribution < -0.4 is 4.90 Å². The maximum Gasteiger partial charge on any atom is 0.313 e. The molecule has 1 N–H and O–H groups in total. The minimum atomic E-state index is -0.867. The number of aliphatic carboxylic acids is 1. The van der Waals surface area contributed by atoms with Gasteiger partial charge in [-0.05, 0) is 13.8 Å². The van der Waals surface area contributed by atoms with Gasteiger partial charge >= 0.3 is 5.97 Å². The SMILES string of the molecule is CC(C)OCCN(C)c1nnc(SCC(=O)O)n1C. The molecule has 0 aromatic carbocycles. The highest BCUT2D eigenvalue weighted by molar-refractivity contribution is 7.99. The van der Waals surface area contributed by atoms with Crippen LogP contribution in [0.1, 0.15) is 13.8 Å². The molecule has 1 heterocycles. The van der Waals surface area contributed by atoms with Gasteiger partial charge < -0.3 is 14.7 Å². The molecule has 0 aliphatic carbocycles. The van der Waals surface area contributed by atoms with Crippen molar-refractivity contribution >= 4 is 23.7 Å². The van der Waals surface area contributed by atoms with Crippen molar-refractivity contribution in [2.24, 2.45) is 7.05 Å². The molecule has 1 aromatic rings. The van der Waals surface area contributed by atoms with E-state index in [4.69, 9.17) is 9.84 Å². The predicted octanol–water partition coefficient (Wildman–Crippen LogP) is 0.853. The Balaban J connectivity index is 2.55. The van der Waals surface area contributed by atoms with Gasteiger partial charge in [0, 0.05) is 20.6 Å². The van der Waals surface area contributed by atoms with Gasteiger partial charge in [-0.25, -0.2) is 0 Å². The van der Waals surface area contributed by atoms with E-state index in [1.54, 1.807) is 4.57 Å². The van der Waals surface area contributed by atoms with Gasteiger partial charge in [-0.3, -0.25) is 9.36 Å². The molecule has 0 unspecified atom stereocenters. The van der Waals surface area contributed by atoms with Crippen molar-refractivity contribution in [3.8, 4) is 0 Å². The molecule has 0 radical (unpaired) electrons. The van der Waals surface area contributed by atoms with Gasteiger partial charge in [-0.2, -0.15) is 0 Å². The number of ether oxygens (including phenoxy) is 1. The van der Waals surface area contributed by atoms with Crippen LogP contribution in [0.3, 0.4) is 0 Å². The number of thioether (sulfide) groups is 1. The molecule has 0 aliphatic heterocycles. The molecule has 0 fully saturated rings. The zero-order chi connectivity index (χ0) is 14.4. The van der Waals surface area contributed by atoms with Gasteiger partial charge in [-0.1, -0.05) is 11.8 Å². The van der Waals surface area contributed by atoms with Crippen LogP contribution in [0.5, 0.6) is 0 Å². The number of nitrogens with zero attached hydrogens (tertiary/aromatic N) is 4.